The molecule has 0 radical (unpaired) electrons. The van der Waals surface area contributed by atoms with Gasteiger partial charge in [0.25, 0.3) is 5.69 Å². The maximum absolute atomic E-state index is 10.7. The average Bonchev–Trinajstić information content (AvgIpc) is 2.76. The number of benzene rings is 3. The van der Waals surface area contributed by atoms with Crippen LogP contribution in [0.4, 0.5) is 5.69 Å². The van der Waals surface area contributed by atoms with Gasteiger partial charge in [-0.15, -0.1) is 0 Å². The summed E-state index contributed by atoms with van der Waals surface area (Å²) >= 11 is 0. The Labute approximate surface area is 168 Å². The Bertz CT molecular complexity index is 972. The van der Waals surface area contributed by atoms with Crippen molar-refractivity contribution in [3.8, 4) is 11.5 Å². The number of non-ortho nitro benzene ring substituents is 1. The van der Waals surface area contributed by atoms with E-state index in [1.165, 1.54) is 12.1 Å². The smallest absolute Gasteiger partial charge is 0.269 e. The van der Waals surface area contributed by atoms with Crippen LogP contribution in [0.5, 0.6) is 11.5 Å². The molecule has 0 atom stereocenters. The fourth-order valence-electron chi connectivity index (χ4n) is 2.54. The predicted molar refractivity (Wildman–Crippen MR) is 109 cm³/mol. The standard InChI is InChI=1S/C22H20N2O5/c1-27-22-13-19(9-12-21(22)28-15-17-5-3-2-4-6-17)14-23-29-16-18-7-10-20(11-8-18)24(25)26/h2-14H,15-16H2,1H3/b23-14-. The minimum atomic E-state index is -0.441. The number of methoxy groups -OCH3 is 1. The van der Waals surface area contributed by atoms with Crippen LogP contribution in [0.15, 0.2) is 78.0 Å². The minimum absolute atomic E-state index is 0.0407. The Kier molecular flexibility index (Phi) is 6.78. The van der Waals surface area contributed by atoms with E-state index in [0.717, 1.165) is 16.7 Å². The molecule has 0 aliphatic heterocycles. The van der Waals surface area contributed by atoms with Crippen molar-refractivity contribution in [2.24, 2.45) is 5.16 Å². The second kappa shape index (κ2) is 9.89. The molecule has 29 heavy (non-hydrogen) atoms. The molecular weight excluding hydrogens is 372 g/mol. The number of nitro benzene ring substituents is 1. The molecule has 0 amide bonds. The van der Waals surface area contributed by atoms with Crippen molar-refractivity contribution < 1.29 is 19.2 Å². The molecule has 0 fully saturated rings. The number of nitro groups is 1. The maximum Gasteiger partial charge on any atom is 0.269 e. The van der Waals surface area contributed by atoms with Crippen LogP contribution in [0, 0.1) is 10.1 Å². The third-order valence-electron chi connectivity index (χ3n) is 4.08. The third-order valence-corrected chi connectivity index (χ3v) is 4.08. The van der Waals surface area contributed by atoms with E-state index in [1.807, 2.05) is 42.5 Å². The molecule has 7 heteroatoms. The molecule has 3 aromatic carbocycles. The van der Waals surface area contributed by atoms with E-state index in [2.05, 4.69) is 5.16 Å². The minimum Gasteiger partial charge on any atom is -0.493 e. The number of ether oxygens (including phenoxy) is 2. The van der Waals surface area contributed by atoms with E-state index in [9.17, 15) is 10.1 Å². The van der Waals surface area contributed by atoms with Crippen molar-refractivity contribution in [1.29, 1.82) is 0 Å². The normalized spacial score (nSPS) is 10.7. The van der Waals surface area contributed by atoms with Crippen LogP contribution in [0.3, 0.4) is 0 Å². The summed E-state index contributed by atoms with van der Waals surface area (Å²) in [5.74, 6) is 1.24. The number of hydrogen-bond acceptors (Lipinski definition) is 6. The van der Waals surface area contributed by atoms with Crippen molar-refractivity contribution in [3.05, 3.63) is 99.6 Å². The fourth-order valence-corrected chi connectivity index (χ4v) is 2.54. The second-order valence-corrected chi connectivity index (χ2v) is 6.12. The van der Waals surface area contributed by atoms with Gasteiger partial charge in [-0.3, -0.25) is 10.1 Å². The lowest BCUT2D eigenvalue weighted by atomic mass is 10.2. The molecular formula is C22H20N2O5. The Morgan fingerprint density at radius 2 is 1.66 bits per heavy atom. The van der Waals surface area contributed by atoms with Gasteiger partial charge in [-0.05, 0) is 41.5 Å². The van der Waals surface area contributed by atoms with Gasteiger partial charge in [0.15, 0.2) is 11.5 Å². The van der Waals surface area contributed by atoms with Crippen LogP contribution >= 0.6 is 0 Å². The fraction of sp³-hybridized carbons (Fsp3) is 0.136. The highest BCUT2D eigenvalue weighted by Gasteiger charge is 2.06. The molecule has 0 spiro atoms. The third kappa shape index (κ3) is 5.80. The highest BCUT2D eigenvalue weighted by atomic mass is 16.6. The lowest BCUT2D eigenvalue weighted by Crippen LogP contribution is -1.98. The summed E-state index contributed by atoms with van der Waals surface area (Å²) in [6.07, 6.45) is 1.56. The molecule has 0 N–H and O–H groups in total. The quantitative estimate of drug-likeness (QED) is 0.299. The van der Waals surface area contributed by atoms with Crippen molar-refractivity contribution in [2.45, 2.75) is 13.2 Å². The zero-order chi connectivity index (χ0) is 20.5. The maximum atomic E-state index is 10.7. The van der Waals surface area contributed by atoms with Crippen molar-refractivity contribution in [3.63, 3.8) is 0 Å². The van der Waals surface area contributed by atoms with Gasteiger partial charge in [0.1, 0.15) is 13.2 Å². The molecule has 0 bridgehead atoms. The molecule has 0 saturated carbocycles. The summed E-state index contributed by atoms with van der Waals surface area (Å²) in [5.41, 5.74) is 2.69. The summed E-state index contributed by atoms with van der Waals surface area (Å²) in [7, 11) is 1.58. The Morgan fingerprint density at radius 3 is 2.34 bits per heavy atom. The van der Waals surface area contributed by atoms with Gasteiger partial charge in [0, 0.05) is 17.7 Å². The van der Waals surface area contributed by atoms with E-state index in [1.54, 1.807) is 31.5 Å². The number of hydrogen-bond donors (Lipinski definition) is 0. The van der Waals surface area contributed by atoms with Crippen molar-refractivity contribution >= 4 is 11.9 Å². The highest BCUT2D eigenvalue weighted by Crippen LogP contribution is 2.28. The van der Waals surface area contributed by atoms with E-state index in [-0.39, 0.29) is 12.3 Å². The average molecular weight is 392 g/mol. The van der Waals surface area contributed by atoms with Gasteiger partial charge in [-0.2, -0.15) is 0 Å². The zero-order valence-electron chi connectivity index (χ0n) is 15.9. The van der Waals surface area contributed by atoms with Crippen molar-refractivity contribution in [2.75, 3.05) is 7.11 Å². The molecule has 0 aliphatic carbocycles. The molecule has 7 nitrogen and oxygen atoms in total. The van der Waals surface area contributed by atoms with E-state index >= 15 is 0 Å². The van der Waals surface area contributed by atoms with Gasteiger partial charge >= 0.3 is 0 Å². The summed E-state index contributed by atoms with van der Waals surface area (Å²) < 4.78 is 11.2. The molecule has 0 unspecified atom stereocenters. The van der Waals surface area contributed by atoms with Crippen LogP contribution < -0.4 is 9.47 Å². The lowest BCUT2D eigenvalue weighted by molar-refractivity contribution is -0.384. The molecule has 0 heterocycles. The SMILES string of the molecule is COc1cc(/C=N\OCc2ccc([N+](=O)[O-])cc2)ccc1OCc1ccccc1. The number of nitrogens with zero attached hydrogens (tertiary/aromatic N) is 2. The van der Waals surface area contributed by atoms with Gasteiger partial charge in [-0.25, -0.2) is 0 Å². The summed E-state index contributed by atoms with van der Waals surface area (Å²) in [4.78, 5) is 15.5. The monoisotopic (exact) mass is 392 g/mol. The van der Waals surface area contributed by atoms with Crippen molar-refractivity contribution in [1.82, 2.24) is 0 Å². The van der Waals surface area contributed by atoms with Crippen LogP contribution in [-0.2, 0) is 18.1 Å². The van der Waals surface area contributed by atoms with Crippen LogP contribution in [0.25, 0.3) is 0 Å². The Hall–Kier alpha value is -3.87. The zero-order valence-corrected chi connectivity index (χ0v) is 15.9. The highest BCUT2D eigenvalue weighted by molar-refractivity contribution is 5.80. The molecule has 0 aromatic heterocycles. The van der Waals surface area contributed by atoms with E-state index < -0.39 is 4.92 Å². The first-order valence-corrected chi connectivity index (χ1v) is 8.89. The second-order valence-electron chi connectivity index (χ2n) is 6.12. The summed E-state index contributed by atoms with van der Waals surface area (Å²) in [5, 5.41) is 14.6. The molecule has 3 rings (SSSR count). The van der Waals surface area contributed by atoms with Gasteiger partial charge in [-0.1, -0.05) is 35.5 Å². The largest absolute Gasteiger partial charge is 0.493 e. The first-order valence-electron chi connectivity index (χ1n) is 8.89. The first kappa shape index (κ1) is 19.9. The number of rotatable bonds is 9. The summed E-state index contributed by atoms with van der Waals surface area (Å²) in [6, 6.07) is 21.5. The van der Waals surface area contributed by atoms with Gasteiger partial charge in [0.05, 0.1) is 18.2 Å². The van der Waals surface area contributed by atoms with E-state index in [0.29, 0.717) is 18.1 Å². The summed E-state index contributed by atoms with van der Waals surface area (Å²) in [6.45, 7) is 0.660. The lowest BCUT2D eigenvalue weighted by Gasteiger charge is -2.11. The molecule has 0 aliphatic rings. The Morgan fingerprint density at radius 1 is 0.931 bits per heavy atom. The number of oxime groups is 1. The molecule has 0 saturated heterocycles. The predicted octanol–water partition coefficient (Wildman–Crippen LogP) is 4.73. The van der Waals surface area contributed by atoms with Crippen LogP contribution in [0.1, 0.15) is 16.7 Å². The Balaban J connectivity index is 1.55. The van der Waals surface area contributed by atoms with Gasteiger partial charge in [0.2, 0.25) is 0 Å². The molecule has 148 valence electrons. The molecule has 3 aromatic rings. The van der Waals surface area contributed by atoms with Crippen LogP contribution in [-0.4, -0.2) is 18.2 Å². The van der Waals surface area contributed by atoms with Gasteiger partial charge < -0.3 is 14.3 Å². The van der Waals surface area contributed by atoms with Crippen LogP contribution in [0.2, 0.25) is 0 Å². The van der Waals surface area contributed by atoms with E-state index in [4.69, 9.17) is 14.3 Å². The first-order chi connectivity index (χ1) is 14.2. The topological polar surface area (TPSA) is 83.2 Å².